The summed E-state index contributed by atoms with van der Waals surface area (Å²) in [6, 6.07) is 6.42. The number of hydrogen-bond acceptors (Lipinski definition) is 4. The quantitative estimate of drug-likeness (QED) is 0.757. The zero-order chi connectivity index (χ0) is 16.3. The van der Waals surface area contributed by atoms with E-state index in [1.54, 1.807) is 17.0 Å². The number of anilines is 1. The van der Waals surface area contributed by atoms with Gasteiger partial charge in [-0.3, -0.25) is 4.79 Å². The van der Waals surface area contributed by atoms with Crippen molar-refractivity contribution >= 4 is 38.9 Å². The second-order valence-electron chi connectivity index (χ2n) is 5.02. The van der Waals surface area contributed by atoms with E-state index in [-0.39, 0.29) is 17.3 Å². The Labute approximate surface area is 135 Å². The molecule has 22 heavy (non-hydrogen) atoms. The zero-order valence-corrected chi connectivity index (χ0v) is 14.0. The lowest BCUT2D eigenvalue weighted by Gasteiger charge is -2.29. The summed E-state index contributed by atoms with van der Waals surface area (Å²) in [6.45, 7) is 1.35. The molecule has 1 aromatic rings. The molecule has 1 heterocycles. The summed E-state index contributed by atoms with van der Waals surface area (Å²) in [4.78, 5) is 13.3. The minimum absolute atomic E-state index is 0.0839. The molecule has 0 bridgehead atoms. The molecule has 0 aromatic heterocycles. The third-order valence-corrected chi connectivity index (χ3v) is 5.36. The minimum Gasteiger partial charge on any atom is -0.353 e. The molecule has 0 unspecified atom stereocenters. The number of hydrogen-bond donors (Lipinski definition) is 2. The molecule has 1 saturated heterocycles. The number of carbonyl (C=O) groups excluding carboxylic acids is 1. The van der Waals surface area contributed by atoms with Gasteiger partial charge in [0.25, 0.3) is 0 Å². The van der Waals surface area contributed by atoms with Crippen LogP contribution in [-0.2, 0) is 14.8 Å². The molecule has 2 N–H and O–H groups in total. The molecule has 0 atom stereocenters. The largest absolute Gasteiger partial charge is 0.353 e. The monoisotopic (exact) mass is 342 g/mol. The lowest BCUT2D eigenvalue weighted by Crippen LogP contribution is -2.51. The standard InChI is InChI=1S/C13H18N4O3S2/c1-16(2)22(19,20)11-5-3-4-10(8-11)15-13(21)17-7-6-14-12(18)9-17/h3-5,8H,6-7,9H2,1-2H3,(H,14,18)(H,15,21). The summed E-state index contributed by atoms with van der Waals surface area (Å²) in [5.41, 5.74) is 0.568. The van der Waals surface area contributed by atoms with Gasteiger partial charge < -0.3 is 15.5 Å². The van der Waals surface area contributed by atoms with Gasteiger partial charge >= 0.3 is 0 Å². The topological polar surface area (TPSA) is 81.8 Å². The van der Waals surface area contributed by atoms with Crippen molar-refractivity contribution in [3.8, 4) is 0 Å². The third kappa shape index (κ3) is 3.73. The van der Waals surface area contributed by atoms with Crippen LogP contribution in [0.3, 0.4) is 0 Å². The van der Waals surface area contributed by atoms with Crippen molar-refractivity contribution in [2.24, 2.45) is 0 Å². The summed E-state index contributed by atoms with van der Waals surface area (Å²) in [5.74, 6) is -0.0839. The first-order valence-electron chi connectivity index (χ1n) is 6.66. The van der Waals surface area contributed by atoms with Crippen LogP contribution in [0.5, 0.6) is 0 Å². The van der Waals surface area contributed by atoms with Gasteiger partial charge in [-0.25, -0.2) is 12.7 Å². The van der Waals surface area contributed by atoms with E-state index in [1.165, 1.54) is 26.2 Å². The number of nitrogens with zero attached hydrogens (tertiary/aromatic N) is 2. The van der Waals surface area contributed by atoms with Crippen molar-refractivity contribution in [3.63, 3.8) is 0 Å². The zero-order valence-electron chi connectivity index (χ0n) is 12.4. The molecule has 0 saturated carbocycles. The Morgan fingerprint density at radius 2 is 2.14 bits per heavy atom. The van der Waals surface area contributed by atoms with Crippen LogP contribution in [0.15, 0.2) is 29.2 Å². The second kappa shape index (κ2) is 6.59. The van der Waals surface area contributed by atoms with Crippen molar-refractivity contribution in [1.29, 1.82) is 0 Å². The van der Waals surface area contributed by atoms with Gasteiger partial charge in [-0.15, -0.1) is 0 Å². The van der Waals surface area contributed by atoms with Gasteiger partial charge in [0, 0.05) is 32.9 Å². The highest BCUT2D eigenvalue weighted by Crippen LogP contribution is 2.18. The highest BCUT2D eigenvalue weighted by atomic mass is 32.2. The van der Waals surface area contributed by atoms with Gasteiger partial charge in [0.1, 0.15) is 0 Å². The number of carbonyl (C=O) groups is 1. The average molecular weight is 342 g/mol. The summed E-state index contributed by atoms with van der Waals surface area (Å²) in [6.07, 6.45) is 0. The molecular formula is C13H18N4O3S2. The van der Waals surface area contributed by atoms with Crippen molar-refractivity contribution < 1.29 is 13.2 Å². The number of sulfonamides is 1. The second-order valence-corrected chi connectivity index (χ2v) is 7.56. The van der Waals surface area contributed by atoms with Crippen LogP contribution in [0.2, 0.25) is 0 Å². The molecule has 120 valence electrons. The summed E-state index contributed by atoms with van der Waals surface area (Å²) < 4.78 is 25.4. The minimum atomic E-state index is -3.50. The molecule has 0 aliphatic carbocycles. The van der Waals surface area contributed by atoms with Gasteiger partial charge in [-0.1, -0.05) is 6.07 Å². The Morgan fingerprint density at radius 3 is 2.77 bits per heavy atom. The molecule has 7 nitrogen and oxygen atoms in total. The van der Waals surface area contributed by atoms with Crippen LogP contribution >= 0.6 is 12.2 Å². The van der Waals surface area contributed by atoms with E-state index in [0.29, 0.717) is 23.9 Å². The van der Waals surface area contributed by atoms with E-state index in [2.05, 4.69) is 10.6 Å². The molecule has 1 fully saturated rings. The predicted octanol–water partition coefficient (Wildman–Crippen LogP) is 0.0655. The smallest absolute Gasteiger partial charge is 0.242 e. The van der Waals surface area contributed by atoms with Gasteiger partial charge in [-0.05, 0) is 30.4 Å². The third-order valence-electron chi connectivity index (χ3n) is 3.19. The van der Waals surface area contributed by atoms with E-state index >= 15 is 0 Å². The van der Waals surface area contributed by atoms with Gasteiger partial charge in [0.05, 0.1) is 11.4 Å². The van der Waals surface area contributed by atoms with Crippen LogP contribution in [0.4, 0.5) is 5.69 Å². The molecule has 1 aliphatic heterocycles. The molecule has 1 amide bonds. The SMILES string of the molecule is CN(C)S(=O)(=O)c1cccc(NC(=S)N2CCNC(=O)C2)c1. The maximum Gasteiger partial charge on any atom is 0.242 e. The van der Waals surface area contributed by atoms with E-state index in [9.17, 15) is 13.2 Å². The van der Waals surface area contributed by atoms with Gasteiger partial charge in [0.15, 0.2) is 5.11 Å². The van der Waals surface area contributed by atoms with Crippen molar-refractivity contribution in [2.75, 3.05) is 39.0 Å². The Kier molecular flexibility index (Phi) is 4.99. The van der Waals surface area contributed by atoms with Crippen LogP contribution in [0.25, 0.3) is 0 Å². The first-order valence-corrected chi connectivity index (χ1v) is 8.51. The number of piperazine rings is 1. The first kappa shape index (κ1) is 16.7. The van der Waals surface area contributed by atoms with Crippen molar-refractivity contribution in [2.45, 2.75) is 4.90 Å². The van der Waals surface area contributed by atoms with Crippen LogP contribution < -0.4 is 10.6 Å². The maximum absolute atomic E-state index is 12.1. The van der Waals surface area contributed by atoms with E-state index < -0.39 is 10.0 Å². The Balaban J connectivity index is 2.14. The molecule has 1 aromatic carbocycles. The normalized spacial score (nSPS) is 15.6. The predicted molar refractivity (Wildman–Crippen MR) is 88.1 cm³/mol. The van der Waals surface area contributed by atoms with E-state index in [0.717, 1.165) is 4.31 Å². The van der Waals surface area contributed by atoms with E-state index in [1.807, 2.05) is 0 Å². The van der Waals surface area contributed by atoms with Crippen molar-refractivity contribution in [1.82, 2.24) is 14.5 Å². The Hall–Kier alpha value is -1.71. The number of benzene rings is 1. The van der Waals surface area contributed by atoms with Gasteiger partial charge in [-0.2, -0.15) is 0 Å². The lowest BCUT2D eigenvalue weighted by molar-refractivity contribution is -0.122. The number of amides is 1. The fraction of sp³-hybridized carbons (Fsp3) is 0.385. The maximum atomic E-state index is 12.1. The van der Waals surface area contributed by atoms with Crippen LogP contribution in [-0.4, -0.2) is 62.4 Å². The fourth-order valence-corrected chi connectivity index (χ4v) is 3.18. The van der Waals surface area contributed by atoms with E-state index in [4.69, 9.17) is 12.2 Å². The molecule has 2 rings (SSSR count). The number of thiocarbonyl (C=S) groups is 1. The average Bonchev–Trinajstić information content (AvgIpc) is 2.47. The number of nitrogens with one attached hydrogen (secondary N) is 2. The van der Waals surface area contributed by atoms with Crippen molar-refractivity contribution in [3.05, 3.63) is 24.3 Å². The van der Waals surface area contributed by atoms with Gasteiger partial charge in [0.2, 0.25) is 15.9 Å². The lowest BCUT2D eigenvalue weighted by atomic mass is 10.3. The highest BCUT2D eigenvalue weighted by Gasteiger charge is 2.20. The summed E-state index contributed by atoms with van der Waals surface area (Å²) in [7, 11) is -0.539. The highest BCUT2D eigenvalue weighted by molar-refractivity contribution is 7.89. The summed E-state index contributed by atoms with van der Waals surface area (Å²) in [5, 5.41) is 6.09. The Morgan fingerprint density at radius 1 is 1.41 bits per heavy atom. The van der Waals surface area contributed by atoms with Crippen LogP contribution in [0.1, 0.15) is 0 Å². The number of rotatable bonds is 3. The molecule has 9 heteroatoms. The summed E-state index contributed by atoms with van der Waals surface area (Å²) >= 11 is 5.27. The molecule has 1 aliphatic rings. The molecule has 0 spiro atoms. The fourth-order valence-electron chi connectivity index (χ4n) is 1.96. The first-order chi connectivity index (χ1) is 10.3. The molecular weight excluding hydrogens is 324 g/mol. The Bertz CT molecular complexity index is 688. The molecule has 0 radical (unpaired) electrons. The van der Waals surface area contributed by atoms with Crippen LogP contribution in [0, 0.1) is 0 Å².